The van der Waals surface area contributed by atoms with Crippen LogP contribution in [0.2, 0.25) is 0 Å². The summed E-state index contributed by atoms with van der Waals surface area (Å²) in [4.78, 5) is 0. The lowest BCUT2D eigenvalue weighted by Crippen LogP contribution is -2.41. The van der Waals surface area contributed by atoms with Gasteiger partial charge in [-0.15, -0.1) is 0 Å². The van der Waals surface area contributed by atoms with E-state index in [1.165, 1.54) is 0 Å². The van der Waals surface area contributed by atoms with Crippen LogP contribution < -0.4 is 5.32 Å². The molecule has 0 aromatic rings. The van der Waals surface area contributed by atoms with Crippen molar-refractivity contribution in [3.63, 3.8) is 0 Å². The van der Waals surface area contributed by atoms with Crippen LogP contribution in [-0.2, 0) is 4.74 Å². The van der Waals surface area contributed by atoms with Crippen molar-refractivity contribution in [2.75, 3.05) is 19.8 Å². The fraction of sp³-hybridized carbons (Fsp3) is 0.818. The second kappa shape index (κ2) is 5.97. The molecule has 0 aromatic carbocycles. The van der Waals surface area contributed by atoms with Crippen LogP contribution in [0.5, 0.6) is 0 Å². The summed E-state index contributed by atoms with van der Waals surface area (Å²) >= 11 is 0. The molecule has 0 rings (SSSR count). The highest BCUT2D eigenvalue weighted by Gasteiger charge is 2.57. The van der Waals surface area contributed by atoms with Crippen molar-refractivity contribution in [3.8, 4) is 0 Å². The van der Waals surface area contributed by atoms with E-state index in [-0.39, 0.29) is 12.1 Å². The summed E-state index contributed by atoms with van der Waals surface area (Å²) in [5.41, 5.74) is 0.210. The van der Waals surface area contributed by atoms with E-state index in [9.17, 15) is 22.0 Å². The zero-order valence-electron chi connectivity index (χ0n) is 10.6. The third kappa shape index (κ3) is 6.90. The molecule has 0 unspecified atom stereocenters. The fourth-order valence-electron chi connectivity index (χ4n) is 0.847. The van der Waals surface area contributed by atoms with E-state index >= 15 is 0 Å². The Bertz CT molecular complexity index is 280. The monoisotopic (exact) mass is 275 g/mol. The second-order valence-electron chi connectivity index (χ2n) is 5.05. The van der Waals surface area contributed by atoms with E-state index in [4.69, 9.17) is 0 Å². The summed E-state index contributed by atoms with van der Waals surface area (Å²) in [5, 5.41) is 3.01. The van der Waals surface area contributed by atoms with Crippen molar-refractivity contribution in [1.82, 2.24) is 5.32 Å². The molecule has 0 heterocycles. The van der Waals surface area contributed by atoms with Gasteiger partial charge in [0.1, 0.15) is 6.61 Å². The Morgan fingerprint density at radius 3 is 2.00 bits per heavy atom. The maximum Gasteiger partial charge on any atom is 0.455 e. The van der Waals surface area contributed by atoms with Gasteiger partial charge >= 0.3 is 12.1 Å². The third-order valence-electron chi connectivity index (χ3n) is 1.87. The van der Waals surface area contributed by atoms with Gasteiger partial charge in [-0.1, -0.05) is 6.58 Å². The molecular formula is C11H18F5NO. The minimum Gasteiger partial charge on any atom is -0.370 e. The molecule has 0 spiro atoms. The molecule has 1 N–H and O–H groups in total. The number of ether oxygens (including phenoxy) is 1. The van der Waals surface area contributed by atoms with Crippen molar-refractivity contribution in [3.05, 3.63) is 12.2 Å². The highest BCUT2D eigenvalue weighted by Crippen LogP contribution is 2.35. The summed E-state index contributed by atoms with van der Waals surface area (Å²) in [5.74, 6) is -4.83. The summed E-state index contributed by atoms with van der Waals surface area (Å²) in [6.45, 7) is 7.45. The van der Waals surface area contributed by atoms with E-state index in [1.807, 2.05) is 20.8 Å². The summed E-state index contributed by atoms with van der Waals surface area (Å²) in [6.07, 6.45) is -5.59. The van der Waals surface area contributed by atoms with Crippen molar-refractivity contribution in [2.24, 2.45) is 0 Å². The summed E-state index contributed by atoms with van der Waals surface area (Å²) in [7, 11) is 0. The van der Waals surface area contributed by atoms with Crippen molar-refractivity contribution in [2.45, 2.75) is 38.4 Å². The van der Waals surface area contributed by atoms with Crippen LogP contribution in [-0.4, -0.2) is 37.4 Å². The van der Waals surface area contributed by atoms with Crippen LogP contribution in [0.4, 0.5) is 22.0 Å². The van der Waals surface area contributed by atoms with Gasteiger partial charge in [-0.25, -0.2) is 0 Å². The fourth-order valence-corrected chi connectivity index (χ4v) is 0.847. The molecule has 0 aliphatic carbocycles. The first-order valence-corrected chi connectivity index (χ1v) is 5.29. The van der Waals surface area contributed by atoms with Gasteiger partial charge < -0.3 is 10.1 Å². The minimum atomic E-state index is -5.59. The van der Waals surface area contributed by atoms with Crippen LogP contribution >= 0.6 is 0 Å². The lowest BCUT2D eigenvalue weighted by molar-refractivity contribution is -0.296. The van der Waals surface area contributed by atoms with Crippen molar-refractivity contribution < 1.29 is 26.7 Å². The minimum absolute atomic E-state index is 0.196. The Morgan fingerprint density at radius 2 is 1.61 bits per heavy atom. The Morgan fingerprint density at radius 1 is 1.11 bits per heavy atom. The van der Waals surface area contributed by atoms with E-state index < -0.39 is 18.7 Å². The van der Waals surface area contributed by atoms with Gasteiger partial charge in [0.05, 0.1) is 6.61 Å². The lowest BCUT2D eigenvalue weighted by atomic mass is 10.1. The predicted molar refractivity (Wildman–Crippen MR) is 58.7 cm³/mol. The Hall–Kier alpha value is -0.690. The van der Waals surface area contributed by atoms with Gasteiger partial charge in [0, 0.05) is 12.1 Å². The molecule has 108 valence electrons. The SMILES string of the molecule is C=C(CNC(C)(C)C)COCC(F)(F)C(F)(F)F. The molecule has 18 heavy (non-hydrogen) atoms. The van der Waals surface area contributed by atoms with Crippen LogP contribution in [0.25, 0.3) is 0 Å². The Labute approximate surface area is 103 Å². The normalized spacial score (nSPS) is 13.8. The topological polar surface area (TPSA) is 21.3 Å². The number of hydrogen-bond donors (Lipinski definition) is 1. The average Bonchev–Trinajstić information content (AvgIpc) is 2.11. The van der Waals surface area contributed by atoms with Gasteiger partial charge in [0.15, 0.2) is 0 Å². The van der Waals surface area contributed by atoms with Crippen LogP contribution in [0.15, 0.2) is 12.2 Å². The standard InChI is InChI=1S/C11H18F5NO/c1-8(5-17-9(2,3)4)6-18-7-10(12,13)11(14,15)16/h17H,1,5-7H2,2-4H3. The number of nitrogens with one attached hydrogen (secondary N) is 1. The van der Waals surface area contributed by atoms with E-state index in [1.54, 1.807) is 0 Å². The Balaban J connectivity index is 3.96. The first-order valence-electron chi connectivity index (χ1n) is 5.29. The molecule has 0 amide bonds. The average molecular weight is 275 g/mol. The smallest absolute Gasteiger partial charge is 0.370 e. The molecule has 0 saturated carbocycles. The molecule has 0 bridgehead atoms. The lowest BCUT2D eigenvalue weighted by Gasteiger charge is -2.22. The van der Waals surface area contributed by atoms with Crippen LogP contribution in [0.1, 0.15) is 20.8 Å². The third-order valence-corrected chi connectivity index (χ3v) is 1.87. The molecular weight excluding hydrogens is 257 g/mol. The number of halogens is 5. The van der Waals surface area contributed by atoms with Gasteiger partial charge in [-0.2, -0.15) is 22.0 Å². The highest BCUT2D eigenvalue weighted by atomic mass is 19.4. The van der Waals surface area contributed by atoms with Crippen molar-refractivity contribution >= 4 is 0 Å². The molecule has 0 aliphatic heterocycles. The largest absolute Gasteiger partial charge is 0.455 e. The van der Waals surface area contributed by atoms with Crippen LogP contribution in [0.3, 0.4) is 0 Å². The van der Waals surface area contributed by atoms with Gasteiger partial charge in [0.25, 0.3) is 0 Å². The second-order valence-corrected chi connectivity index (χ2v) is 5.05. The summed E-state index contributed by atoms with van der Waals surface area (Å²) in [6, 6.07) is 0. The number of rotatable bonds is 6. The first kappa shape index (κ1) is 17.3. The molecule has 0 radical (unpaired) electrons. The predicted octanol–water partition coefficient (Wildman–Crippen LogP) is 3.14. The highest BCUT2D eigenvalue weighted by molar-refractivity contribution is 4.98. The number of hydrogen-bond acceptors (Lipinski definition) is 2. The quantitative estimate of drug-likeness (QED) is 0.594. The summed E-state index contributed by atoms with van der Waals surface area (Å²) < 4.78 is 64.7. The Kier molecular flexibility index (Phi) is 5.74. The zero-order valence-corrected chi connectivity index (χ0v) is 10.6. The van der Waals surface area contributed by atoms with Gasteiger partial charge in [-0.3, -0.25) is 0 Å². The molecule has 2 nitrogen and oxygen atoms in total. The van der Waals surface area contributed by atoms with E-state index in [0.29, 0.717) is 12.1 Å². The zero-order chi connectivity index (χ0) is 14.6. The molecule has 0 saturated heterocycles. The van der Waals surface area contributed by atoms with Gasteiger partial charge in [0.2, 0.25) is 0 Å². The molecule has 0 aromatic heterocycles. The van der Waals surface area contributed by atoms with Crippen LogP contribution in [0, 0.1) is 0 Å². The first-order chi connectivity index (χ1) is 7.85. The number of alkyl halides is 5. The molecule has 0 atom stereocenters. The molecule has 0 aliphatic rings. The molecule has 7 heteroatoms. The van der Waals surface area contributed by atoms with Gasteiger partial charge in [-0.05, 0) is 26.3 Å². The molecule has 0 fully saturated rings. The van der Waals surface area contributed by atoms with E-state index in [2.05, 4.69) is 16.6 Å². The van der Waals surface area contributed by atoms with E-state index in [0.717, 1.165) is 0 Å². The maximum atomic E-state index is 12.5. The van der Waals surface area contributed by atoms with Crippen molar-refractivity contribution in [1.29, 1.82) is 0 Å². The maximum absolute atomic E-state index is 12.5.